The Morgan fingerprint density at radius 1 is 0.871 bits per heavy atom. The second-order valence-corrected chi connectivity index (χ2v) is 7.28. The summed E-state index contributed by atoms with van der Waals surface area (Å²) >= 11 is 0. The van der Waals surface area contributed by atoms with Crippen LogP contribution in [0, 0.1) is 0 Å². The van der Waals surface area contributed by atoms with Gasteiger partial charge in [0, 0.05) is 4.91 Å². The van der Waals surface area contributed by atoms with Crippen LogP contribution in [-0.4, -0.2) is 30.0 Å². The van der Waals surface area contributed by atoms with Crippen molar-refractivity contribution < 1.29 is 14.6 Å². The van der Waals surface area contributed by atoms with Crippen molar-refractivity contribution in [3.8, 4) is 0 Å². The fraction of sp³-hybridized carbons (Fsp3) is 0.200. The maximum absolute atomic E-state index is 10.6. The zero-order valence-electron chi connectivity index (χ0n) is 16.9. The van der Waals surface area contributed by atoms with E-state index >= 15 is 0 Å². The molecular weight excluding hydrogens is 390 g/mol. The number of benzene rings is 3. The van der Waals surface area contributed by atoms with E-state index in [-0.39, 0.29) is 6.61 Å². The highest BCUT2D eigenvalue weighted by Gasteiger charge is 2.40. The Kier molecular flexibility index (Phi) is 6.34. The van der Waals surface area contributed by atoms with Crippen LogP contribution in [0.2, 0.25) is 0 Å². The average Bonchev–Trinajstić information content (AvgIpc) is 2.84. The van der Waals surface area contributed by atoms with E-state index in [2.05, 4.69) is 10.0 Å². The van der Waals surface area contributed by atoms with Gasteiger partial charge in [-0.1, -0.05) is 96.1 Å². The Balaban J connectivity index is 1.78. The molecule has 4 rings (SSSR count). The minimum Gasteiger partial charge on any atom is -0.493 e. The fourth-order valence-electron chi connectivity index (χ4n) is 3.92. The quantitative estimate of drug-likeness (QED) is 0.257. The van der Waals surface area contributed by atoms with Gasteiger partial charge in [0.1, 0.15) is 17.8 Å². The first-order chi connectivity index (χ1) is 15.3. The van der Waals surface area contributed by atoms with Crippen LogP contribution in [0.15, 0.2) is 108 Å². The highest BCUT2D eigenvalue weighted by atomic mass is 16.5. The van der Waals surface area contributed by atoms with Crippen molar-refractivity contribution >= 4 is 0 Å². The van der Waals surface area contributed by atoms with Crippen molar-refractivity contribution in [2.45, 2.75) is 23.9 Å². The van der Waals surface area contributed by atoms with Crippen molar-refractivity contribution in [3.05, 3.63) is 130 Å². The van der Waals surface area contributed by atoms with Crippen LogP contribution < -0.4 is 0 Å². The second-order valence-electron chi connectivity index (χ2n) is 7.28. The molecule has 0 fully saturated rings. The van der Waals surface area contributed by atoms with Gasteiger partial charge in [-0.05, 0) is 28.3 Å². The van der Waals surface area contributed by atoms with Crippen molar-refractivity contribution in [2.24, 2.45) is 5.11 Å². The summed E-state index contributed by atoms with van der Waals surface area (Å²) in [6, 6.07) is 29.2. The van der Waals surface area contributed by atoms with Crippen LogP contribution >= 0.6 is 0 Å². The summed E-state index contributed by atoms with van der Waals surface area (Å²) in [7, 11) is 0. The minimum absolute atomic E-state index is 0.0850. The first-order valence-electron chi connectivity index (χ1n) is 10.1. The smallest absolute Gasteiger partial charge is 0.148 e. The predicted molar refractivity (Wildman–Crippen MR) is 118 cm³/mol. The molecule has 0 aromatic heterocycles. The van der Waals surface area contributed by atoms with Gasteiger partial charge in [-0.2, -0.15) is 0 Å². The summed E-state index contributed by atoms with van der Waals surface area (Å²) in [5, 5.41) is 14.3. The molecule has 0 spiro atoms. The number of hydrogen-bond donors (Lipinski definition) is 1. The largest absolute Gasteiger partial charge is 0.493 e. The lowest BCUT2D eigenvalue weighted by atomic mass is 9.80. The molecule has 1 N–H and O–H groups in total. The average molecular weight is 413 g/mol. The molecule has 3 atom stereocenters. The molecule has 156 valence electrons. The number of nitrogens with zero attached hydrogens (tertiary/aromatic N) is 3. The summed E-state index contributed by atoms with van der Waals surface area (Å²) in [6.07, 6.45) is 1.30. The molecule has 1 aliphatic heterocycles. The van der Waals surface area contributed by atoms with Gasteiger partial charge in [-0.25, -0.2) is 0 Å². The van der Waals surface area contributed by atoms with Gasteiger partial charge in [0.25, 0.3) is 0 Å². The third-order valence-corrected chi connectivity index (χ3v) is 5.45. The first kappa shape index (κ1) is 20.7. The van der Waals surface area contributed by atoms with Gasteiger partial charge < -0.3 is 14.6 Å². The third kappa shape index (κ3) is 4.18. The lowest BCUT2D eigenvalue weighted by Gasteiger charge is -2.38. The van der Waals surface area contributed by atoms with Gasteiger partial charge >= 0.3 is 0 Å². The van der Waals surface area contributed by atoms with Gasteiger partial charge in [0.05, 0.1) is 18.9 Å². The number of azide groups is 1. The molecule has 1 aliphatic rings. The van der Waals surface area contributed by atoms with Crippen LogP contribution in [0.3, 0.4) is 0 Å². The molecule has 0 saturated carbocycles. The zero-order valence-corrected chi connectivity index (χ0v) is 16.9. The molecule has 0 aliphatic carbocycles. The monoisotopic (exact) mass is 413 g/mol. The Bertz CT molecular complexity index is 954. The molecule has 3 aromatic rings. The molecule has 0 unspecified atom stereocenters. The number of aliphatic hydroxyl groups excluding tert-OH is 1. The molecule has 0 radical (unpaired) electrons. The number of ether oxygens (including phenoxy) is 2. The maximum Gasteiger partial charge on any atom is 0.148 e. The topological polar surface area (TPSA) is 87.5 Å². The van der Waals surface area contributed by atoms with Crippen molar-refractivity contribution in [3.63, 3.8) is 0 Å². The van der Waals surface area contributed by atoms with E-state index in [1.54, 1.807) is 6.08 Å². The van der Waals surface area contributed by atoms with Crippen LogP contribution in [0.1, 0.15) is 16.7 Å². The van der Waals surface area contributed by atoms with E-state index in [4.69, 9.17) is 15.0 Å². The molecule has 0 saturated heterocycles. The van der Waals surface area contributed by atoms with Crippen LogP contribution in [-0.2, 0) is 15.1 Å². The Labute approximate surface area is 181 Å². The number of rotatable bonds is 7. The summed E-state index contributed by atoms with van der Waals surface area (Å²) < 4.78 is 12.3. The van der Waals surface area contributed by atoms with Crippen molar-refractivity contribution in [1.82, 2.24) is 0 Å². The van der Waals surface area contributed by atoms with Crippen LogP contribution in [0.25, 0.3) is 10.4 Å². The molecule has 0 amide bonds. The molecule has 3 aromatic carbocycles. The SMILES string of the molecule is [N-]=[N+]=N[C@@H]1C=CO[C@H](COC(c2ccccc2)(c2ccccc2)c2ccccc2)[C@@H]1O. The highest BCUT2D eigenvalue weighted by molar-refractivity contribution is 5.47. The lowest BCUT2D eigenvalue weighted by Crippen LogP contribution is -2.44. The van der Waals surface area contributed by atoms with Crippen LogP contribution in [0.5, 0.6) is 0 Å². The molecule has 6 heteroatoms. The predicted octanol–water partition coefficient (Wildman–Crippen LogP) is 4.95. The summed E-state index contributed by atoms with van der Waals surface area (Å²) in [4.78, 5) is 2.81. The first-order valence-corrected chi connectivity index (χ1v) is 10.1. The van der Waals surface area contributed by atoms with E-state index in [1.165, 1.54) is 6.26 Å². The second kappa shape index (κ2) is 9.49. The van der Waals surface area contributed by atoms with E-state index in [0.717, 1.165) is 16.7 Å². The fourth-order valence-corrected chi connectivity index (χ4v) is 3.92. The zero-order chi connectivity index (χ0) is 21.5. The van der Waals surface area contributed by atoms with Gasteiger partial charge in [0.15, 0.2) is 0 Å². The molecule has 1 heterocycles. The van der Waals surface area contributed by atoms with Gasteiger partial charge in [-0.15, -0.1) is 0 Å². The van der Waals surface area contributed by atoms with Crippen molar-refractivity contribution in [2.75, 3.05) is 6.61 Å². The summed E-state index contributed by atoms with van der Waals surface area (Å²) in [6.45, 7) is 0.0850. The van der Waals surface area contributed by atoms with Crippen LogP contribution in [0.4, 0.5) is 0 Å². The number of aliphatic hydroxyl groups is 1. The Morgan fingerprint density at radius 3 is 1.81 bits per heavy atom. The standard InChI is InChI=1S/C25H23N3O3/c26-28-27-22-16-17-30-23(24(22)29)18-31-25(19-10-4-1-5-11-19,20-12-6-2-7-13-20)21-14-8-3-9-15-21/h1-17,22-24,29H,18H2/t22-,23-,24-/m1/s1. The lowest BCUT2D eigenvalue weighted by molar-refractivity contribution is -0.0912. The van der Waals surface area contributed by atoms with E-state index in [9.17, 15) is 5.11 Å². The summed E-state index contributed by atoms with van der Waals surface area (Å²) in [5.41, 5.74) is 10.7. The third-order valence-electron chi connectivity index (χ3n) is 5.45. The Morgan fingerprint density at radius 2 is 1.35 bits per heavy atom. The maximum atomic E-state index is 10.6. The summed E-state index contributed by atoms with van der Waals surface area (Å²) in [5.74, 6) is 0. The number of hydrogen-bond acceptors (Lipinski definition) is 4. The molecule has 31 heavy (non-hydrogen) atoms. The van der Waals surface area contributed by atoms with Gasteiger partial charge in [0.2, 0.25) is 0 Å². The molecule has 0 bridgehead atoms. The molecule has 6 nitrogen and oxygen atoms in total. The van der Waals surface area contributed by atoms with E-state index in [1.807, 2.05) is 91.0 Å². The van der Waals surface area contributed by atoms with Gasteiger partial charge in [-0.3, -0.25) is 0 Å². The normalized spacial score (nSPS) is 20.5. The Hall–Kier alpha value is -3.57. The highest BCUT2D eigenvalue weighted by Crippen LogP contribution is 2.40. The van der Waals surface area contributed by atoms with Crippen molar-refractivity contribution in [1.29, 1.82) is 0 Å². The molecular formula is C25H23N3O3. The minimum atomic E-state index is -1.01. The van der Waals surface area contributed by atoms with E-state index in [0.29, 0.717) is 0 Å². The van der Waals surface area contributed by atoms with E-state index < -0.39 is 23.9 Å².